The standard InChI is InChI=1S/C6H6Br2O/c7-6(8)2-1-3-5(9-3)4(2)6/h2-5H,1H2/t2-,3+,4-,5+/m1/s1. The summed E-state index contributed by atoms with van der Waals surface area (Å²) >= 11 is 7.27. The summed E-state index contributed by atoms with van der Waals surface area (Å²) in [6.45, 7) is 0. The summed E-state index contributed by atoms with van der Waals surface area (Å²) in [5, 5.41) is 0. The van der Waals surface area contributed by atoms with E-state index in [9.17, 15) is 0 Å². The molecule has 1 saturated heterocycles. The van der Waals surface area contributed by atoms with Gasteiger partial charge in [0.25, 0.3) is 0 Å². The minimum Gasteiger partial charge on any atom is -0.369 e. The molecule has 0 aromatic heterocycles. The number of hydrogen-bond acceptors (Lipinski definition) is 1. The lowest BCUT2D eigenvalue weighted by Gasteiger charge is -1.97. The molecule has 0 bridgehead atoms. The van der Waals surface area contributed by atoms with Crippen LogP contribution < -0.4 is 0 Å². The van der Waals surface area contributed by atoms with Gasteiger partial charge in [-0.15, -0.1) is 0 Å². The third kappa shape index (κ3) is 0.511. The van der Waals surface area contributed by atoms with Crippen LogP contribution in [0, 0.1) is 11.8 Å². The van der Waals surface area contributed by atoms with Crippen LogP contribution in [0.2, 0.25) is 0 Å². The zero-order chi connectivity index (χ0) is 6.22. The van der Waals surface area contributed by atoms with Crippen LogP contribution in [-0.2, 0) is 4.74 Å². The smallest absolute Gasteiger partial charge is 0.0896 e. The van der Waals surface area contributed by atoms with Crippen molar-refractivity contribution in [3.8, 4) is 0 Å². The Kier molecular flexibility index (Phi) is 0.789. The maximum atomic E-state index is 5.38. The van der Waals surface area contributed by atoms with Crippen LogP contribution in [0.15, 0.2) is 0 Å². The van der Waals surface area contributed by atoms with Gasteiger partial charge >= 0.3 is 0 Å². The van der Waals surface area contributed by atoms with Gasteiger partial charge in [-0.25, -0.2) is 0 Å². The largest absolute Gasteiger partial charge is 0.369 e. The van der Waals surface area contributed by atoms with Crippen molar-refractivity contribution in [2.45, 2.75) is 21.9 Å². The average molecular weight is 254 g/mol. The highest BCUT2D eigenvalue weighted by molar-refractivity contribution is 9.25. The van der Waals surface area contributed by atoms with Crippen LogP contribution in [-0.4, -0.2) is 15.4 Å². The normalized spacial score (nSPS) is 64.7. The van der Waals surface area contributed by atoms with Crippen molar-refractivity contribution in [3.63, 3.8) is 0 Å². The van der Waals surface area contributed by atoms with E-state index in [-0.39, 0.29) is 3.23 Å². The summed E-state index contributed by atoms with van der Waals surface area (Å²) in [5.41, 5.74) is 0. The Bertz CT molecular complexity index is 180. The van der Waals surface area contributed by atoms with Crippen molar-refractivity contribution in [1.29, 1.82) is 0 Å². The lowest BCUT2D eigenvalue weighted by molar-refractivity contribution is 0.313. The number of epoxide rings is 1. The Hall–Kier alpha value is 0.920. The molecule has 1 heterocycles. The molecule has 1 aliphatic heterocycles. The molecular formula is C6H6Br2O. The van der Waals surface area contributed by atoms with Crippen molar-refractivity contribution in [3.05, 3.63) is 0 Å². The van der Waals surface area contributed by atoms with Crippen molar-refractivity contribution < 1.29 is 4.74 Å². The van der Waals surface area contributed by atoms with Gasteiger partial charge in [0.05, 0.1) is 15.4 Å². The molecule has 3 rings (SSSR count). The van der Waals surface area contributed by atoms with Crippen LogP contribution in [0.25, 0.3) is 0 Å². The highest BCUT2D eigenvalue weighted by atomic mass is 79.9. The first-order chi connectivity index (χ1) is 4.21. The van der Waals surface area contributed by atoms with E-state index in [0.29, 0.717) is 12.2 Å². The van der Waals surface area contributed by atoms with Crippen LogP contribution in [0.4, 0.5) is 0 Å². The molecule has 0 aromatic rings. The van der Waals surface area contributed by atoms with Crippen LogP contribution in [0.3, 0.4) is 0 Å². The third-order valence-electron chi connectivity index (χ3n) is 2.73. The molecule has 50 valence electrons. The monoisotopic (exact) mass is 252 g/mol. The second kappa shape index (κ2) is 1.28. The van der Waals surface area contributed by atoms with Gasteiger partial charge in [-0.05, 0) is 12.3 Å². The zero-order valence-electron chi connectivity index (χ0n) is 4.68. The van der Waals surface area contributed by atoms with Gasteiger partial charge in [-0.3, -0.25) is 0 Å². The van der Waals surface area contributed by atoms with Gasteiger partial charge in [0.1, 0.15) is 0 Å². The fraction of sp³-hybridized carbons (Fsp3) is 1.00. The molecule has 4 atom stereocenters. The maximum absolute atomic E-state index is 5.38. The molecule has 0 aromatic carbocycles. The summed E-state index contributed by atoms with van der Waals surface area (Å²) in [4.78, 5) is 0. The average Bonchev–Trinajstić information content (AvgIpc) is 2.55. The minimum absolute atomic E-state index is 0.275. The molecule has 2 aliphatic carbocycles. The van der Waals surface area contributed by atoms with E-state index in [4.69, 9.17) is 4.74 Å². The second-order valence-corrected chi connectivity index (χ2v) is 6.87. The quantitative estimate of drug-likeness (QED) is 0.475. The van der Waals surface area contributed by atoms with E-state index in [1.807, 2.05) is 0 Å². The van der Waals surface area contributed by atoms with Crippen molar-refractivity contribution in [1.82, 2.24) is 0 Å². The molecule has 1 nitrogen and oxygen atoms in total. The van der Waals surface area contributed by atoms with E-state index in [1.54, 1.807) is 0 Å². The first-order valence-corrected chi connectivity index (χ1v) is 4.83. The second-order valence-electron chi connectivity index (χ2n) is 3.18. The predicted molar refractivity (Wildman–Crippen MR) is 40.8 cm³/mol. The van der Waals surface area contributed by atoms with E-state index >= 15 is 0 Å². The number of fused-ring (bicyclic) bond motifs is 3. The van der Waals surface area contributed by atoms with E-state index in [2.05, 4.69) is 31.9 Å². The summed E-state index contributed by atoms with van der Waals surface area (Å²) in [6.07, 6.45) is 2.52. The van der Waals surface area contributed by atoms with Gasteiger partial charge in [-0.1, -0.05) is 31.9 Å². The SMILES string of the molecule is BrC1(Br)[C@H]2[C@H]3O[C@H]3C[C@H]21. The Labute approximate surface area is 70.4 Å². The molecule has 0 spiro atoms. The Morgan fingerprint density at radius 2 is 2.22 bits per heavy atom. The number of alkyl halides is 2. The molecule has 3 heteroatoms. The van der Waals surface area contributed by atoms with Gasteiger partial charge in [0.2, 0.25) is 0 Å². The van der Waals surface area contributed by atoms with Crippen LogP contribution in [0.5, 0.6) is 0 Å². The van der Waals surface area contributed by atoms with Gasteiger partial charge in [0.15, 0.2) is 0 Å². The third-order valence-corrected chi connectivity index (χ3v) is 4.96. The first kappa shape index (κ1) is 5.56. The summed E-state index contributed by atoms with van der Waals surface area (Å²) < 4.78 is 5.66. The first-order valence-electron chi connectivity index (χ1n) is 3.24. The van der Waals surface area contributed by atoms with Crippen molar-refractivity contribution in [2.24, 2.45) is 11.8 Å². The Morgan fingerprint density at radius 1 is 1.44 bits per heavy atom. The predicted octanol–water partition coefficient (Wildman–Crippen LogP) is 1.89. The topological polar surface area (TPSA) is 12.5 Å². The van der Waals surface area contributed by atoms with Crippen molar-refractivity contribution in [2.75, 3.05) is 0 Å². The molecule has 2 saturated carbocycles. The lowest BCUT2D eigenvalue weighted by Crippen LogP contribution is -2.01. The maximum Gasteiger partial charge on any atom is 0.0896 e. The van der Waals surface area contributed by atoms with Crippen LogP contribution >= 0.6 is 31.9 Å². The number of hydrogen-bond donors (Lipinski definition) is 0. The van der Waals surface area contributed by atoms with Gasteiger partial charge in [0, 0.05) is 5.92 Å². The molecule has 3 fully saturated rings. The number of rotatable bonds is 0. The fourth-order valence-electron chi connectivity index (χ4n) is 2.08. The molecular weight excluding hydrogens is 248 g/mol. The fourth-order valence-corrected chi connectivity index (χ4v) is 3.92. The molecule has 0 radical (unpaired) electrons. The van der Waals surface area contributed by atoms with Gasteiger partial charge < -0.3 is 4.74 Å². The molecule has 9 heavy (non-hydrogen) atoms. The van der Waals surface area contributed by atoms with E-state index in [1.165, 1.54) is 6.42 Å². The lowest BCUT2D eigenvalue weighted by atomic mass is 10.3. The number of halogens is 2. The Balaban J connectivity index is 1.94. The minimum atomic E-state index is 0.275. The van der Waals surface area contributed by atoms with E-state index in [0.717, 1.165) is 11.8 Å². The summed E-state index contributed by atoms with van der Waals surface area (Å²) in [6, 6.07) is 0. The molecule has 0 N–H and O–H groups in total. The molecule has 3 aliphatic rings. The summed E-state index contributed by atoms with van der Waals surface area (Å²) in [7, 11) is 0. The highest BCUT2D eigenvalue weighted by Gasteiger charge is 2.76. The summed E-state index contributed by atoms with van der Waals surface area (Å²) in [5.74, 6) is 1.64. The Morgan fingerprint density at radius 3 is 2.67 bits per heavy atom. The molecule has 0 amide bonds. The van der Waals surface area contributed by atoms with Gasteiger partial charge in [-0.2, -0.15) is 0 Å². The van der Waals surface area contributed by atoms with E-state index < -0.39 is 0 Å². The zero-order valence-corrected chi connectivity index (χ0v) is 7.85. The van der Waals surface area contributed by atoms with Crippen molar-refractivity contribution >= 4 is 31.9 Å². The highest BCUT2D eigenvalue weighted by Crippen LogP contribution is 2.74. The van der Waals surface area contributed by atoms with Crippen LogP contribution in [0.1, 0.15) is 6.42 Å². The molecule has 0 unspecified atom stereocenters. The number of ether oxygens (including phenoxy) is 1.